The van der Waals surface area contributed by atoms with Crippen LogP contribution < -0.4 is 4.72 Å². The Labute approximate surface area is 99.3 Å². The number of carboxylic acid groups (broad SMARTS) is 1. The first kappa shape index (κ1) is 13.7. The van der Waals surface area contributed by atoms with E-state index in [1.54, 1.807) is 13.8 Å². The van der Waals surface area contributed by atoms with Gasteiger partial charge in [0.2, 0.25) is 10.0 Å². The third-order valence-corrected chi connectivity index (χ3v) is 3.95. The van der Waals surface area contributed by atoms with E-state index in [0.717, 1.165) is 6.20 Å². The largest absolute Gasteiger partial charge is 0.480 e. The first-order valence-electron chi connectivity index (χ1n) is 5.12. The van der Waals surface area contributed by atoms with Gasteiger partial charge >= 0.3 is 5.97 Å². The van der Waals surface area contributed by atoms with Crippen LogP contribution in [0.15, 0.2) is 17.3 Å². The molecule has 0 spiro atoms. The van der Waals surface area contributed by atoms with Gasteiger partial charge in [-0.1, -0.05) is 20.3 Å². The van der Waals surface area contributed by atoms with Gasteiger partial charge in [0.25, 0.3) is 0 Å². The number of H-pyrrole nitrogens is 1. The van der Waals surface area contributed by atoms with Crippen LogP contribution in [0, 0.1) is 5.92 Å². The number of carbonyl (C=O) groups is 1. The summed E-state index contributed by atoms with van der Waals surface area (Å²) < 4.78 is 25.7. The highest BCUT2D eigenvalue weighted by Crippen LogP contribution is 2.12. The molecule has 2 atom stereocenters. The second-order valence-electron chi connectivity index (χ2n) is 3.76. The van der Waals surface area contributed by atoms with E-state index in [0.29, 0.717) is 6.42 Å². The van der Waals surface area contributed by atoms with Crippen LogP contribution in [0.2, 0.25) is 0 Å². The molecule has 7 nitrogen and oxygen atoms in total. The maximum absolute atomic E-state index is 11.8. The molecule has 96 valence electrons. The van der Waals surface area contributed by atoms with Crippen molar-refractivity contribution in [2.75, 3.05) is 0 Å². The fourth-order valence-electron chi connectivity index (χ4n) is 1.27. The van der Waals surface area contributed by atoms with Crippen molar-refractivity contribution in [2.24, 2.45) is 5.92 Å². The van der Waals surface area contributed by atoms with Crippen LogP contribution >= 0.6 is 0 Å². The summed E-state index contributed by atoms with van der Waals surface area (Å²) in [5, 5.41) is 14.9. The highest BCUT2D eigenvalue weighted by Gasteiger charge is 2.29. The summed E-state index contributed by atoms with van der Waals surface area (Å²) in [5.41, 5.74) is 0. The first-order valence-corrected chi connectivity index (χ1v) is 6.60. The third kappa shape index (κ3) is 3.27. The third-order valence-electron chi connectivity index (χ3n) is 2.54. The number of nitrogens with zero attached hydrogens (tertiary/aromatic N) is 1. The Bertz CT molecular complexity index is 468. The Morgan fingerprint density at radius 1 is 1.65 bits per heavy atom. The summed E-state index contributed by atoms with van der Waals surface area (Å²) in [6, 6.07) is -1.14. The molecule has 0 saturated carbocycles. The van der Waals surface area contributed by atoms with Gasteiger partial charge in [0.05, 0.1) is 6.20 Å². The van der Waals surface area contributed by atoms with Crippen LogP contribution in [-0.4, -0.2) is 35.7 Å². The van der Waals surface area contributed by atoms with Gasteiger partial charge < -0.3 is 5.11 Å². The maximum atomic E-state index is 11.8. The molecule has 0 aromatic carbocycles. The highest BCUT2D eigenvalue weighted by molar-refractivity contribution is 7.89. The lowest BCUT2D eigenvalue weighted by Gasteiger charge is -2.19. The van der Waals surface area contributed by atoms with Gasteiger partial charge in [-0.15, -0.1) is 0 Å². The minimum absolute atomic E-state index is 0.0768. The Kier molecular flexibility index (Phi) is 4.24. The molecule has 0 fully saturated rings. The molecular weight excluding hydrogens is 246 g/mol. The van der Waals surface area contributed by atoms with Crippen LogP contribution in [0.1, 0.15) is 20.3 Å². The zero-order valence-electron chi connectivity index (χ0n) is 9.54. The Balaban J connectivity index is 2.92. The van der Waals surface area contributed by atoms with Crippen molar-refractivity contribution >= 4 is 16.0 Å². The number of aromatic nitrogens is 2. The predicted molar refractivity (Wildman–Crippen MR) is 59.8 cm³/mol. The number of nitrogens with one attached hydrogen (secondary N) is 2. The molecule has 0 aliphatic carbocycles. The molecule has 0 radical (unpaired) electrons. The van der Waals surface area contributed by atoms with Gasteiger partial charge in [-0.3, -0.25) is 9.89 Å². The average molecular weight is 261 g/mol. The van der Waals surface area contributed by atoms with E-state index in [1.807, 2.05) is 0 Å². The Morgan fingerprint density at radius 3 is 2.71 bits per heavy atom. The molecule has 1 rings (SSSR count). The summed E-state index contributed by atoms with van der Waals surface area (Å²) in [5.74, 6) is -1.49. The number of carboxylic acids is 1. The molecule has 0 amide bonds. The molecule has 0 saturated heterocycles. The molecule has 0 aliphatic rings. The topological polar surface area (TPSA) is 112 Å². The molecule has 17 heavy (non-hydrogen) atoms. The number of aliphatic carboxylic acids is 1. The molecule has 1 heterocycles. The molecule has 3 N–H and O–H groups in total. The number of hydrogen-bond acceptors (Lipinski definition) is 4. The van der Waals surface area contributed by atoms with Crippen molar-refractivity contribution in [1.29, 1.82) is 0 Å². The van der Waals surface area contributed by atoms with Crippen LogP contribution in [-0.2, 0) is 14.8 Å². The van der Waals surface area contributed by atoms with Crippen molar-refractivity contribution in [3.8, 4) is 0 Å². The summed E-state index contributed by atoms with van der Waals surface area (Å²) >= 11 is 0. The normalized spacial score (nSPS) is 15.4. The quantitative estimate of drug-likeness (QED) is 0.676. The average Bonchev–Trinajstić information content (AvgIpc) is 2.78. The van der Waals surface area contributed by atoms with E-state index in [-0.39, 0.29) is 10.8 Å². The van der Waals surface area contributed by atoms with Crippen LogP contribution in [0.4, 0.5) is 0 Å². The van der Waals surface area contributed by atoms with Crippen molar-refractivity contribution < 1.29 is 18.3 Å². The smallest absolute Gasteiger partial charge is 0.322 e. The van der Waals surface area contributed by atoms with Crippen molar-refractivity contribution in [3.63, 3.8) is 0 Å². The molecule has 0 bridgehead atoms. The number of sulfonamides is 1. The van der Waals surface area contributed by atoms with Gasteiger partial charge in [-0.05, 0) is 5.92 Å². The Morgan fingerprint density at radius 2 is 2.29 bits per heavy atom. The molecular formula is C9H15N3O4S. The van der Waals surface area contributed by atoms with Crippen LogP contribution in [0.25, 0.3) is 0 Å². The maximum Gasteiger partial charge on any atom is 0.322 e. The minimum atomic E-state index is -3.84. The standard InChI is InChI=1S/C9H15N3O4S/c1-3-6(2)8(9(13)14)12-17(15,16)7-4-10-11-5-7/h4-6,8,12H,3H2,1-2H3,(H,10,11)(H,13,14)/t6-,8-/m0/s1. The van der Waals surface area contributed by atoms with E-state index in [4.69, 9.17) is 5.11 Å². The van der Waals surface area contributed by atoms with Gasteiger partial charge in [-0.25, -0.2) is 8.42 Å². The lowest BCUT2D eigenvalue weighted by Crippen LogP contribution is -2.44. The summed E-state index contributed by atoms with van der Waals surface area (Å²) in [6.45, 7) is 3.48. The molecule has 0 aliphatic heterocycles. The van der Waals surface area contributed by atoms with Crippen LogP contribution in [0.5, 0.6) is 0 Å². The summed E-state index contributed by atoms with van der Waals surface area (Å²) in [7, 11) is -3.84. The van der Waals surface area contributed by atoms with Gasteiger partial charge in [-0.2, -0.15) is 9.82 Å². The van der Waals surface area contributed by atoms with Gasteiger partial charge in [0.1, 0.15) is 10.9 Å². The van der Waals surface area contributed by atoms with Crippen molar-refractivity contribution in [1.82, 2.24) is 14.9 Å². The van der Waals surface area contributed by atoms with Crippen molar-refractivity contribution in [3.05, 3.63) is 12.4 Å². The van der Waals surface area contributed by atoms with E-state index >= 15 is 0 Å². The number of aromatic amines is 1. The van der Waals surface area contributed by atoms with Crippen LogP contribution in [0.3, 0.4) is 0 Å². The molecule has 1 aromatic heterocycles. The summed E-state index contributed by atoms with van der Waals surface area (Å²) in [6.07, 6.45) is 2.88. The second kappa shape index (κ2) is 5.28. The highest BCUT2D eigenvalue weighted by atomic mass is 32.2. The van der Waals surface area contributed by atoms with Gasteiger partial charge in [0, 0.05) is 6.20 Å². The van der Waals surface area contributed by atoms with E-state index in [1.165, 1.54) is 6.20 Å². The lowest BCUT2D eigenvalue weighted by molar-refractivity contribution is -0.140. The molecule has 1 aromatic rings. The zero-order valence-corrected chi connectivity index (χ0v) is 10.4. The fourth-order valence-corrected chi connectivity index (χ4v) is 2.47. The SMILES string of the molecule is CC[C@H](C)[C@H](NS(=O)(=O)c1cn[nH]c1)C(=O)O. The predicted octanol–water partition coefficient (Wildman–Crippen LogP) is 0.187. The van der Waals surface area contributed by atoms with Crippen molar-refractivity contribution in [2.45, 2.75) is 31.2 Å². The fraction of sp³-hybridized carbons (Fsp3) is 0.556. The van der Waals surface area contributed by atoms with E-state index in [2.05, 4.69) is 14.9 Å². The second-order valence-corrected chi connectivity index (χ2v) is 5.47. The summed E-state index contributed by atoms with van der Waals surface area (Å²) in [4.78, 5) is 10.9. The number of hydrogen-bond donors (Lipinski definition) is 3. The minimum Gasteiger partial charge on any atom is -0.480 e. The van der Waals surface area contributed by atoms with E-state index < -0.39 is 22.0 Å². The monoisotopic (exact) mass is 261 g/mol. The Hall–Kier alpha value is -1.41. The first-order chi connectivity index (χ1) is 7.88. The number of rotatable bonds is 6. The zero-order chi connectivity index (χ0) is 13.1. The van der Waals surface area contributed by atoms with E-state index in [9.17, 15) is 13.2 Å². The van der Waals surface area contributed by atoms with Gasteiger partial charge in [0.15, 0.2) is 0 Å². The molecule has 0 unspecified atom stereocenters. The molecule has 8 heteroatoms. The lowest BCUT2D eigenvalue weighted by atomic mass is 10.0.